The van der Waals surface area contributed by atoms with Crippen LogP contribution in [0.15, 0.2) is 4.99 Å². The summed E-state index contributed by atoms with van der Waals surface area (Å²) in [6.07, 6.45) is 1.93. The Morgan fingerprint density at radius 1 is 1.38 bits per heavy atom. The predicted octanol–water partition coefficient (Wildman–Crippen LogP) is -2.80. The first-order valence-corrected chi connectivity index (χ1v) is 6.36. The van der Waals surface area contributed by atoms with Gasteiger partial charge >= 0.3 is 5.97 Å². The smallest absolute Gasteiger partial charge is 0.320 e. The summed E-state index contributed by atoms with van der Waals surface area (Å²) < 4.78 is 0. The van der Waals surface area contributed by atoms with Crippen LogP contribution in [0.2, 0.25) is 0 Å². The van der Waals surface area contributed by atoms with Gasteiger partial charge in [0.05, 0.1) is 0 Å². The van der Waals surface area contributed by atoms with Crippen molar-refractivity contribution in [3.05, 3.63) is 0 Å². The molecule has 0 aromatic rings. The molecule has 0 radical (unpaired) electrons. The first kappa shape index (κ1) is 18.6. The molecule has 1 heterocycles. The highest BCUT2D eigenvalue weighted by atomic mass is 16.4. The van der Waals surface area contributed by atoms with E-state index < -0.39 is 24.0 Å². The standard InChI is InChI=1S/C6H14N4O2.C5H8N2O2/c7-4(5(11)12)2-1-3-10-6(8)9;6-5(9)3-1-2-4(8)7-3/h4H,1-3,7H2,(H,11,12)(H4,8,9,10);3H,1-2H2,(H2,6,9)(H,7,8). The van der Waals surface area contributed by atoms with E-state index in [-0.39, 0.29) is 11.9 Å². The molecule has 2 atom stereocenters. The highest BCUT2D eigenvalue weighted by Gasteiger charge is 2.24. The van der Waals surface area contributed by atoms with Gasteiger partial charge < -0.3 is 33.4 Å². The van der Waals surface area contributed by atoms with Gasteiger partial charge in [-0.25, -0.2) is 0 Å². The van der Waals surface area contributed by atoms with Crippen LogP contribution >= 0.6 is 0 Å². The van der Waals surface area contributed by atoms with E-state index in [1.165, 1.54) is 0 Å². The molecule has 21 heavy (non-hydrogen) atoms. The van der Waals surface area contributed by atoms with Gasteiger partial charge in [-0.1, -0.05) is 0 Å². The molecule has 1 saturated heterocycles. The lowest BCUT2D eigenvalue weighted by Gasteiger charge is -2.03. The maximum atomic E-state index is 10.4. The van der Waals surface area contributed by atoms with Crippen LogP contribution in [-0.4, -0.2) is 47.5 Å². The van der Waals surface area contributed by atoms with Crippen molar-refractivity contribution in [2.45, 2.75) is 37.8 Å². The Labute approximate surface area is 121 Å². The largest absolute Gasteiger partial charge is 0.480 e. The quantitative estimate of drug-likeness (QED) is 0.173. The molecule has 10 N–H and O–H groups in total. The number of carboxylic acids is 1. The van der Waals surface area contributed by atoms with Crippen LogP contribution in [0, 0.1) is 0 Å². The molecule has 0 aromatic carbocycles. The first-order chi connectivity index (χ1) is 9.73. The molecule has 2 amide bonds. The van der Waals surface area contributed by atoms with Crippen LogP contribution in [0.5, 0.6) is 0 Å². The minimum Gasteiger partial charge on any atom is -0.480 e. The topological polar surface area (TPSA) is 200 Å². The number of nitrogens with zero attached hydrogens (tertiary/aromatic N) is 1. The summed E-state index contributed by atoms with van der Waals surface area (Å²) in [7, 11) is 0. The van der Waals surface area contributed by atoms with Gasteiger partial charge in [-0.3, -0.25) is 19.4 Å². The SMILES string of the molecule is NC(=O)C1CCC(=O)N1.NC(N)=NCCCC(N)C(=O)O. The van der Waals surface area contributed by atoms with Crippen molar-refractivity contribution in [1.82, 2.24) is 5.32 Å². The first-order valence-electron chi connectivity index (χ1n) is 6.36. The van der Waals surface area contributed by atoms with Gasteiger partial charge in [0.2, 0.25) is 11.8 Å². The lowest BCUT2D eigenvalue weighted by molar-refractivity contribution is -0.138. The molecule has 2 unspecified atom stereocenters. The molecule has 0 aromatic heterocycles. The Kier molecular flexibility index (Phi) is 8.46. The Morgan fingerprint density at radius 2 is 2.00 bits per heavy atom. The number of nitrogens with one attached hydrogen (secondary N) is 1. The number of primary amides is 1. The average molecular weight is 302 g/mol. The molecule has 1 aliphatic rings. The van der Waals surface area contributed by atoms with Crippen LogP contribution in [0.4, 0.5) is 0 Å². The van der Waals surface area contributed by atoms with E-state index in [9.17, 15) is 14.4 Å². The number of carbonyl (C=O) groups is 3. The van der Waals surface area contributed by atoms with Crippen LogP contribution in [0.25, 0.3) is 0 Å². The molecule has 0 bridgehead atoms. The summed E-state index contributed by atoms with van der Waals surface area (Å²) in [6, 6.07) is -1.24. The lowest BCUT2D eigenvalue weighted by atomic mass is 10.2. The van der Waals surface area contributed by atoms with Crippen molar-refractivity contribution < 1.29 is 19.5 Å². The van der Waals surface area contributed by atoms with Gasteiger partial charge in [-0.05, 0) is 19.3 Å². The van der Waals surface area contributed by atoms with Crippen molar-refractivity contribution >= 4 is 23.7 Å². The lowest BCUT2D eigenvalue weighted by Crippen LogP contribution is -2.37. The number of aliphatic carboxylic acids is 1. The number of nitrogens with two attached hydrogens (primary N) is 4. The fourth-order valence-corrected chi connectivity index (χ4v) is 1.47. The van der Waals surface area contributed by atoms with Crippen molar-refractivity contribution in [3.8, 4) is 0 Å². The third-order valence-electron chi connectivity index (χ3n) is 2.62. The summed E-state index contributed by atoms with van der Waals surface area (Å²) in [5.74, 6) is -1.52. The normalized spacial score (nSPS) is 18.0. The van der Waals surface area contributed by atoms with Gasteiger partial charge in [-0.15, -0.1) is 0 Å². The molecule has 0 saturated carbocycles. The van der Waals surface area contributed by atoms with Crippen LogP contribution < -0.4 is 28.3 Å². The van der Waals surface area contributed by atoms with Crippen molar-refractivity contribution in [1.29, 1.82) is 0 Å². The monoisotopic (exact) mass is 302 g/mol. The van der Waals surface area contributed by atoms with Crippen LogP contribution in [0.3, 0.4) is 0 Å². The number of aliphatic imine (C=N–C) groups is 1. The molecule has 0 aliphatic carbocycles. The van der Waals surface area contributed by atoms with E-state index in [1.807, 2.05) is 0 Å². The zero-order chi connectivity index (χ0) is 16.4. The highest BCUT2D eigenvalue weighted by Crippen LogP contribution is 2.04. The second kappa shape index (κ2) is 9.53. The van der Waals surface area contributed by atoms with Crippen molar-refractivity contribution in [2.75, 3.05) is 6.54 Å². The molecule has 10 nitrogen and oxygen atoms in total. The molecular formula is C11H22N6O4. The average Bonchev–Trinajstić information content (AvgIpc) is 2.81. The zero-order valence-electron chi connectivity index (χ0n) is 11.6. The number of hydrogen-bond donors (Lipinski definition) is 6. The maximum absolute atomic E-state index is 10.4. The van der Waals surface area contributed by atoms with Crippen LogP contribution in [-0.2, 0) is 14.4 Å². The predicted molar refractivity (Wildman–Crippen MR) is 75.9 cm³/mol. The van der Waals surface area contributed by atoms with Crippen molar-refractivity contribution in [2.24, 2.45) is 27.9 Å². The Hall–Kier alpha value is -2.36. The van der Waals surface area contributed by atoms with E-state index in [0.717, 1.165) is 0 Å². The summed E-state index contributed by atoms with van der Waals surface area (Å²) >= 11 is 0. The molecule has 1 rings (SSSR count). The van der Waals surface area contributed by atoms with Gasteiger partial charge in [0, 0.05) is 13.0 Å². The third kappa shape index (κ3) is 9.21. The number of guanidine groups is 1. The van der Waals surface area contributed by atoms with Gasteiger partial charge in [0.1, 0.15) is 12.1 Å². The van der Waals surface area contributed by atoms with Gasteiger partial charge in [0.25, 0.3) is 0 Å². The second-order valence-corrected chi connectivity index (χ2v) is 4.45. The Balaban J connectivity index is 0.000000394. The summed E-state index contributed by atoms with van der Waals surface area (Å²) in [6.45, 7) is 0.420. The molecule has 1 aliphatic heterocycles. The van der Waals surface area contributed by atoms with E-state index in [2.05, 4.69) is 10.3 Å². The third-order valence-corrected chi connectivity index (χ3v) is 2.62. The van der Waals surface area contributed by atoms with E-state index >= 15 is 0 Å². The Morgan fingerprint density at radius 3 is 2.33 bits per heavy atom. The fourth-order valence-electron chi connectivity index (χ4n) is 1.47. The maximum Gasteiger partial charge on any atom is 0.320 e. The van der Waals surface area contributed by atoms with E-state index in [1.54, 1.807) is 0 Å². The molecule has 10 heteroatoms. The molecule has 120 valence electrons. The highest BCUT2D eigenvalue weighted by molar-refractivity contribution is 5.89. The van der Waals surface area contributed by atoms with E-state index in [0.29, 0.717) is 32.2 Å². The summed E-state index contributed by atoms with van der Waals surface area (Å²) in [4.78, 5) is 34.7. The fraction of sp³-hybridized carbons (Fsp3) is 0.636. The van der Waals surface area contributed by atoms with Crippen molar-refractivity contribution in [3.63, 3.8) is 0 Å². The van der Waals surface area contributed by atoms with Gasteiger partial charge in [-0.2, -0.15) is 0 Å². The number of carbonyl (C=O) groups excluding carboxylic acids is 2. The molecule has 0 spiro atoms. The molecular weight excluding hydrogens is 280 g/mol. The number of hydrogen-bond acceptors (Lipinski definition) is 5. The number of carboxylic acid groups (broad SMARTS) is 1. The summed E-state index contributed by atoms with van der Waals surface area (Å²) in [5.41, 5.74) is 20.2. The number of rotatable bonds is 6. The number of amides is 2. The van der Waals surface area contributed by atoms with E-state index in [4.69, 9.17) is 28.0 Å². The zero-order valence-corrected chi connectivity index (χ0v) is 11.6. The van der Waals surface area contributed by atoms with Crippen LogP contribution in [0.1, 0.15) is 25.7 Å². The summed E-state index contributed by atoms with van der Waals surface area (Å²) in [5, 5.41) is 10.8. The molecule has 1 fully saturated rings. The minimum absolute atomic E-state index is 0.0129. The second-order valence-electron chi connectivity index (χ2n) is 4.45. The Bertz CT molecular complexity index is 408. The minimum atomic E-state index is -1.00. The van der Waals surface area contributed by atoms with Gasteiger partial charge in [0.15, 0.2) is 5.96 Å².